The van der Waals surface area contributed by atoms with Crippen molar-refractivity contribution in [3.05, 3.63) is 0 Å². The lowest BCUT2D eigenvalue weighted by atomic mass is 9.95. The third-order valence-electron chi connectivity index (χ3n) is 4.96. The zero-order valence-electron chi connectivity index (χ0n) is 17.3. The molecule has 1 aliphatic heterocycles. The summed E-state index contributed by atoms with van der Waals surface area (Å²) in [6.07, 6.45) is -0.0230. The quantitative estimate of drug-likeness (QED) is 0.556. The molecule has 0 radical (unpaired) electrons. The average Bonchev–Trinajstić information content (AvgIpc) is 2.43. The molecule has 1 aliphatic rings. The van der Waals surface area contributed by atoms with Crippen molar-refractivity contribution in [3.8, 4) is 0 Å². The Morgan fingerprint density at radius 1 is 1.08 bits per heavy atom. The highest BCUT2D eigenvalue weighted by molar-refractivity contribution is 6.74. The summed E-state index contributed by atoms with van der Waals surface area (Å²) in [5.41, 5.74) is -0.563. The van der Waals surface area contributed by atoms with Crippen LogP contribution in [0.2, 0.25) is 18.1 Å². The smallest absolute Gasteiger partial charge is 0.410 e. The van der Waals surface area contributed by atoms with Crippen molar-refractivity contribution < 1.29 is 23.5 Å². The summed E-state index contributed by atoms with van der Waals surface area (Å²) < 4.78 is 16.9. The van der Waals surface area contributed by atoms with Gasteiger partial charge in [-0.05, 0) is 45.3 Å². The summed E-state index contributed by atoms with van der Waals surface area (Å²) >= 11 is 0. The van der Waals surface area contributed by atoms with Crippen LogP contribution in [0.25, 0.3) is 0 Å². The Hall–Kier alpha value is -1.08. The summed E-state index contributed by atoms with van der Waals surface area (Å²) in [6.45, 7) is 17.1. The molecular formula is C18H35NO5Si. The highest BCUT2D eigenvalue weighted by atomic mass is 28.4. The topological polar surface area (TPSA) is 65.1 Å². The van der Waals surface area contributed by atoms with Gasteiger partial charge in [0.15, 0.2) is 8.32 Å². The van der Waals surface area contributed by atoms with Gasteiger partial charge >= 0.3 is 12.1 Å². The number of carbonyl (C=O) groups excluding carboxylic acids is 2. The Labute approximate surface area is 153 Å². The number of hydrogen-bond donors (Lipinski definition) is 0. The van der Waals surface area contributed by atoms with E-state index in [4.69, 9.17) is 13.9 Å². The Balaban J connectivity index is 2.90. The lowest BCUT2D eigenvalue weighted by Crippen LogP contribution is -2.55. The molecule has 6 nitrogen and oxygen atoms in total. The number of rotatable bonds is 3. The van der Waals surface area contributed by atoms with Gasteiger partial charge in [0.2, 0.25) is 0 Å². The Morgan fingerprint density at radius 3 is 2.08 bits per heavy atom. The Bertz CT molecular complexity index is 493. The zero-order chi connectivity index (χ0) is 19.6. The number of amides is 1. The van der Waals surface area contributed by atoms with Crippen LogP contribution in [-0.2, 0) is 18.7 Å². The van der Waals surface area contributed by atoms with Crippen LogP contribution >= 0.6 is 0 Å². The van der Waals surface area contributed by atoms with Crippen LogP contribution in [0.5, 0.6) is 0 Å². The molecule has 0 spiro atoms. The third kappa shape index (κ3) is 5.99. The fourth-order valence-corrected chi connectivity index (χ4v) is 3.89. The Kier molecular flexibility index (Phi) is 6.73. The summed E-state index contributed by atoms with van der Waals surface area (Å²) in [6, 6.07) is 0. The van der Waals surface area contributed by atoms with Gasteiger partial charge < -0.3 is 18.8 Å². The van der Waals surface area contributed by atoms with Gasteiger partial charge in [0, 0.05) is 13.1 Å². The number of carbonyl (C=O) groups is 2. The van der Waals surface area contributed by atoms with Gasteiger partial charge in [0.25, 0.3) is 0 Å². The van der Waals surface area contributed by atoms with E-state index in [9.17, 15) is 9.59 Å². The normalized spacial score (nSPS) is 22.5. The summed E-state index contributed by atoms with van der Waals surface area (Å²) in [5.74, 6) is -0.822. The number of piperidine rings is 1. The first-order valence-electron chi connectivity index (χ1n) is 8.91. The number of methoxy groups -OCH3 is 1. The second kappa shape index (κ2) is 7.66. The first kappa shape index (κ1) is 22.0. The molecule has 0 aromatic rings. The zero-order valence-corrected chi connectivity index (χ0v) is 18.3. The van der Waals surface area contributed by atoms with Crippen LogP contribution < -0.4 is 0 Å². The van der Waals surface area contributed by atoms with Gasteiger partial charge in [-0.3, -0.25) is 4.79 Å². The van der Waals surface area contributed by atoms with Crippen LogP contribution in [0.4, 0.5) is 4.79 Å². The van der Waals surface area contributed by atoms with Crippen molar-refractivity contribution in [2.75, 3.05) is 20.2 Å². The van der Waals surface area contributed by atoms with E-state index < -0.39 is 25.9 Å². The molecule has 25 heavy (non-hydrogen) atoms. The minimum atomic E-state index is -2.02. The van der Waals surface area contributed by atoms with Gasteiger partial charge in [-0.1, -0.05) is 20.8 Å². The first-order valence-corrected chi connectivity index (χ1v) is 11.8. The summed E-state index contributed by atoms with van der Waals surface area (Å²) in [5, 5.41) is 0.0516. The van der Waals surface area contributed by atoms with Gasteiger partial charge in [0.05, 0.1) is 19.1 Å². The standard InChI is InChI=1S/C18H35NO5Si/c1-17(2,3)23-16(21)19-11-10-14(13(12-19)15(20)22-7)24-25(8,9)18(4,5)6/h13-14H,10-12H2,1-9H3/t13-,14-/m1/s1. The molecule has 0 aromatic carbocycles. The van der Waals surface area contributed by atoms with E-state index in [1.54, 1.807) is 4.90 Å². The van der Waals surface area contributed by atoms with Gasteiger partial charge in [-0.15, -0.1) is 0 Å². The predicted octanol–water partition coefficient (Wildman–Crippen LogP) is 3.81. The van der Waals surface area contributed by atoms with Crippen LogP contribution in [-0.4, -0.2) is 57.2 Å². The maximum absolute atomic E-state index is 12.3. The van der Waals surface area contributed by atoms with Crippen molar-refractivity contribution >= 4 is 20.4 Å². The SMILES string of the molecule is COC(=O)[C@@H]1CN(C(=O)OC(C)(C)C)CC[C@H]1O[Si](C)(C)C(C)(C)C. The fourth-order valence-electron chi connectivity index (χ4n) is 2.50. The molecule has 2 atom stereocenters. The van der Waals surface area contributed by atoms with Crippen molar-refractivity contribution in [2.24, 2.45) is 5.92 Å². The molecule has 1 heterocycles. The lowest BCUT2D eigenvalue weighted by Gasteiger charge is -2.44. The van der Waals surface area contributed by atoms with Gasteiger partial charge in [-0.2, -0.15) is 0 Å². The number of hydrogen-bond acceptors (Lipinski definition) is 5. The largest absolute Gasteiger partial charge is 0.469 e. The van der Waals surface area contributed by atoms with E-state index in [-0.39, 0.29) is 23.7 Å². The monoisotopic (exact) mass is 373 g/mol. The fraction of sp³-hybridized carbons (Fsp3) is 0.889. The second-order valence-corrected chi connectivity index (χ2v) is 14.0. The highest BCUT2D eigenvalue weighted by Gasteiger charge is 2.45. The summed E-state index contributed by atoms with van der Waals surface area (Å²) in [4.78, 5) is 26.2. The number of nitrogens with zero attached hydrogens (tertiary/aromatic N) is 1. The second-order valence-electron chi connectivity index (χ2n) is 9.26. The van der Waals surface area contributed by atoms with E-state index in [0.717, 1.165) is 0 Å². The van der Waals surface area contributed by atoms with Gasteiger partial charge in [0.1, 0.15) is 5.60 Å². The number of ether oxygens (including phenoxy) is 2. The molecule has 1 amide bonds. The molecular weight excluding hydrogens is 338 g/mol. The molecule has 0 aliphatic carbocycles. The molecule has 0 N–H and O–H groups in total. The van der Waals surface area contributed by atoms with Crippen LogP contribution in [0.3, 0.4) is 0 Å². The van der Waals surface area contributed by atoms with E-state index in [0.29, 0.717) is 13.0 Å². The number of esters is 1. The van der Waals surface area contributed by atoms with Crippen molar-refractivity contribution in [2.45, 2.75) is 77.8 Å². The van der Waals surface area contributed by atoms with Gasteiger partial charge in [-0.25, -0.2) is 4.79 Å². The average molecular weight is 374 g/mol. The third-order valence-corrected chi connectivity index (χ3v) is 9.46. The molecule has 0 aromatic heterocycles. The number of likely N-dealkylation sites (tertiary alicyclic amines) is 1. The van der Waals surface area contributed by atoms with Crippen molar-refractivity contribution in [3.63, 3.8) is 0 Å². The van der Waals surface area contributed by atoms with Crippen LogP contribution in [0.1, 0.15) is 48.0 Å². The molecule has 1 fully saturated rings. The maximum Gasteiger partial charge on any atom is 0.410 e. The van der Waals surface area contributed by atoms with E-state index >= 15 is 0 Å². The minimum absolute atomic E-state index is 0.0516. The van der Waals surface area contributed by atoms with Crippen molar-refractivity contribution in [1.82, 2.24) is 4.90 Å². The molecule has 1 saturated heterocycles. The molecule has 0 bridgehead atoms. The summed E-state index contributed by atoms with van der Waals surface area (Å²) in [7, 11) is -0.649. The molecule has 7 heteroatoms. The first-order chi connectivity index (χ1) is 11.2. The molecule has 1 rings (SSSR count). The molecule has 146 valence electrons. The van der Waals surface area contributed by atoms with Crippen LogP contribution in [0, 0.1) is 5.92 Å². The van der Waals surface area contributed by atoms with Crippen LogP contribution in [0.15, 0.2) is 0 Å². The molecule has 0 saturated carbocycles. The maximum atomic E-state index is 12.3. The van der Waals surface area contributed by atoms with E-state index in [1.165, 1.54) is 7.11 Å². The minimum Gasteiger partial charge on any atom is -0.469 e. The highest BCUT2D eigenvalue weighted by Crippen LogP contribution is 2.39. The Morgan fingerprint density at radius 2 is 1.64 bits per heavy atom. The van der Waals surface area contributed by atoms with E-state index in [1.807, 2.05) is 20.8 Å². The van der Waals surface area contributed by atoms with E-state index in [2.05, 4.69) is 33.9 Å². The lowest BCUT2D eigenvalue weighted by molar-refractivity contribution is -0.151. The van der Waals surface area contributed by atoms with Crippen molar-refractivity contribution in [1.29, 1.82) is 0 Å². The molecule has 0 unspecified atom stereocenters. The predicted molar refractivity (Wildman–Crippen MR) is 100 cm³/mol.